The molecule has 8 heteroatoms. The molecule has 1 aliphatic heterocycles. The topological polar surface area (TPSA) is 59.4 Å². The van der Waals surface area contributed by atoms with E-state index in [4.69, 9.17) is 4.74 Å². The van der Waals surface area contributed by atoms with Gasteiger partial charge in [0.25, 0.3) is 6.43 Å². The van der Waals surface area contributed by atoms with Crippen LogP contribution in [0.5, 0.6) is 0 Å². The molecule has 1 aromatic carbocycles. The quantitative estimate of drug-likeness (QED) is 0.789. The van der Waals surface area contributed by atoms with Gasteiger partial charge >= 0.3 is 0 Å². The number of hydrogen-bond acceptors (Lipinski definition) is 4. The van der Waals surface area contributed by atoms with Crippen molar-refractivity contribution in [3.63, 3.8) is 0 Å². The molecule has 6 nitrogen and oxygen atoms in total. The van der Waals surface area contributed by atoms with E-state index in [1.165, 1.54) is 10.7 Å². The van der Waals surface area contributed by atoms with Gasteiger partial charge in [-0.15, -0.1) is 0 Å². The highest BCUT2D eigenvalue weighted by Gasteiger charge is 2.30. The highest BCUT2D eigenvalue weighted by atomic mass is 19.3. The molecule has 0 radical (unpaired) electrons. The summed E-state index contributed by atoms with van der Waals surface area (Å²) in [7, 11) is 0. The first-order valence-corrected chi connectivity index (χ1v) is 9.63. The summed E-state index contributed by atoms with van der Waals surface area (Å²) >= 11 is 0. The number of carbonyl (C=O) groups excluding carboxylic acids is 1. The van der Waals surface area contributed by atoms with Gasteiger partial charge in [-0.2, -0.15) is 5.10 Å². The molecule has 1 amide bonds. The summed E-state index contributed by atoms with van der Waals surface area (Å²) in [5, 5.41) is 6.80. The normalized spacial score (nSPS) is 17.8. The molecule has 0 bridgehead atoms. The van der Waals surface area contributed by atoms with Crippen LogP contribution in [-0.4, -0.2) is 46.9 Å². The van der Waals surface area contributed by atoms with E-state index in [2.05, 4.69) is 15.3 Å². The SMILES string of the molecule is O=C(Cn1nc(C(F)F)cc1C1CC1)Nc1cccc(CN2CCOCC2)c1. The number of morpholine rings is 1. The average Bonchev–Trinajstić information content (AvgIpc) is 3.43. The molecule has 2 heterocycles. The average molecular weight is 390 g/mol. The summed E-state index contributed by atoms with van der Waals surface area (Å²) in [5.74, 6) is -0.0287. The number of nitrogens with zero attached hydrogens (tertiary/aromatic N) is 3. The fraction of sp³-hybridized carbons (Fsp3) is 0.500. The zero-order valence-electron chi connectivity index (χ0n) is 15.6. The molecule has 1 saturated carbocycles. The van der Waals surface area contributed by atoms with Crippen molar-refractivity contribution in [1.82, 2.24) is 14.7 Å². The molecule has 2 aromatic rings. The van der Waals surface area contributed by atoms with Crippen LogP contribution in [-0.2, 0) is 22.6 Å². The smallest absolute Gasteiger partial charge is 0.282 e. The highest BCUT2D eigenvalue weighted by molar-refractivity contribution is 5.90. The van der Waals surface area contributed by atoms with Gasteiger partial charge < -0.3 is 10.1 Å². The van der Waals surface area contributed by atoms with Crippen molar-refractivity contribution in [1.29, 1.82) is 0 Å². The first-order valence-electron chi connectivity index (χ1n) is 9.63. The lowest BCUT2D eigenvalue weighted by Gasteiger charge is -2.26. The summed E-state index contributed by atoms with van der Waals surface area (Å²) in [6.07, 6.45) is -0.710. The molecule has 1 aromatic heterocycles. The lowest BCUT2D eigenvalue weighted by atomic mass is 10.2. The minimum atomic E-state index is -2.63. The molecular weight excluding hydrogens is 366 g/mol. The van der Waals surface area contributed by atoms with Crippen LogP contribution >= 0.6 is 0 Å². The Morgan fingerprint density at radius 3 is 2.75 bits per heavy atom. The Bertz CT molecular complexity index is 829. The molecule has 1 N–H and O–H groups in total. The van der Waals surface area contributed by atoms with Crippen LogP contribution in [0.1, 0.15) is 42.1 Å². The molecule has 150 valence electrons. The number of hydrogen-bond donors (Lipinski definition) is 1. The molecule has 1 aliphatic carbocycles. The summed E-state index contributed by atoms with van der Waals surface area (Å²) < 4.78 is 32.7. The molecule has 1 saturated heterocycles. The molecule has 0 atom stereocenters. The number of nitrogens with one attached hydrogen (secondary N) is 1. The van der Waals surface area contributed by atoms with Crippen molar-refractivity contribution in [2.45, 2.75) is 38.3 Å². The monoisotopic (exact) mass is 390 g/mol. The van der Waals surface area contributed by atoms with Gasteiger partial charge in [0.15, 0.2) is 0 Å². The molecule has 0 spiro atoms. The van der Waals surface area contributed by atoms with Crippen molar-refractivity contribution < 1.29 is 18.3 Å². The molecule has 2 fully saturated rings. The van der Waals surface area contributed by atoms with Gasteiger partial charge in [-0.3, -0.25) is 14.4 Å². The summed E-state index contributed by atoms with van der Waals surface area (Å²) in [4.78, 5) is 14.8. The Morgan fingerprint density at radius 1 is 1.25 bits per heavy atom. The lowest BCUT2D eigenvalue weighted by molar-refractivity contribution is -0.117. The van der Waals surface area contributed by atoms with Gasteiger partial charge in [0, 0.05) is 36.9 Å². The number of halogens is 2. The summed E-state index contributed by atoms with van der Waals surface area (Å²) in [6.45, 7) is 4.01. The Hall–Kier alpha value is -2.32. The number of amides is 1. The number of alkyl halides is 2. The van der Waals surface area contributed by atoms with Crippen LogP contribution in [0.25, 0.3) is 0 Å². The number of carbonyl (C=O) groups is 1. The number of aromatic nitrogens is 2. The molecular formula is C20H24F2N4O2. The number of benzene rings is 1. The van der Waals surface area contributed by atoms with E-state index < -0.39 is 6.43 Å². The number of ether oxygens (including phenoxy) is 1. The second kappa shape index (κ2) is 8.36. The van der Waals surface area contributed by atoms with Crippen molar-refractivity contribution in [2.24, 2.45) is 0 Å². The van der Waals surface area contributed by atoms with Gasteiger partial charge in [-0.25, -0.2) is 8.78 Å². The van der Waals surface area contributed by atoms with Crippen LogP contribution in [0.4, 0.5) is 14.5 Å². The summed E-state index contributed by atoms with van der Waals surface area (Å²) in [6, 6.07) is 9.14. The number of anilines is 1. The van der Waals surface area contributed by atoms with Gasteiger partial charge in [0.2, 0.25) is 5.91 Å². The van der Waals surface area contributed by atoms with Gasteiger partial charge in [0.05, 0.1) is 13.2 Å². The first-order chi connectivity index (χ1) is 13.6. The maximum absolute atomic E-state index is 13.0. The third-order valence-electron chi connectivity index (χ3n) is 5.06. The highest BCUT2D eigenvalue weighted by Crippen LogP contribution is 2.41. The summed E-state index contributed by atoms with van der Waals surface area (Å²) in [5.41, 5.74) is 2.27. The standard InChI is InChI=1S/C20H24F2N4O2/c21-20(22)17-11-18(15-4-5-15)26(24-17)13-19(27)23-16-3-1-2-14(10-16)12-25-6-8-28-9-7-25/h1-3,10-11,15,20H,4-9,12-13H2,(H,23,27). The Balaban J connectivity index is 1.39. The predicted molar refractivity (Wildman–Crippen MR) is 100 cm³/mol. The van der Waals surface area contributed by atoms with E-state index in [1.54, 1.807) is 0 Å². The molecule has 28 heavy (non-hydrogen) atoms. The molecule has 0 unspecified atom stereocenters. The minimum absolute atomic E-state index is 0.0632. The van der Waals surface area contributed by atoms with Crippen molar-refractivity contribution in [3.05, 3.63) is 47.3 Å². The van der Waals surface area contributed by atoms with Crippen LogP contribution in [0.15, 0.2) is 30.3 Å². The van der Waals surface area contributed by atoms with Crippen molar-refractivity contribution >= 4 is 11.6 Å². The Kier molecular flexibility index (Phi) is 5.68. The van der Waals surface area contributed by atoms with E-state index >= 15 is 0 Å². The second-order valence-corrected chi connectivity index (χ2v) is 7.36. The van der Waals surface area contributed by atoms with E-state index in [1.807, 2.05) is 24.3 Å². The second-order valence-electron chi connectivity index (χ2n) is 7.36. The van der Waals surface area contributed by atoms with Crippen LogP contribution in [0.3, 0.4) is 0 Å². The van der Waals surface area contributed by atoms with Gasteiger partial charge in [0.1, 0.15) is 12.2 Å². The largest absolute Gasteiger partial charge is 0.379 e. The van der Waals surface area contributed by atoms with Gasteiger partial charge in [-0.1, -0.05) is 12.1 Å². The van der Waals surface area contributed by atoms with Crippen LogP contribution in [0, 0.1) is 0 Å². The maximum Gasteiger partial charge on any atom is 0.282 e. The van der Waals surface area contributed by atoms with Crippen molar-refractivity contribution in [2.75, 3.05) is 31.6 Å². The minimum Gasteiger partial charge on any atom is -0.379 e. The zero-order valence-corrected chi connectivity index (χ0v) is 15.6. The first kappa shape index (κ1) is 19.0. The fourth-order valence-corrected chi connectivity index (χ4v) is 3.49. The van der Waals surface area contributed by atoms with Crippen LogP contribution in [0.2, 0.25) is 0 Å². The Morgan fingerprint density at radius 2 is 2.04 bits per heavy atom. The van der Waals surface area contributed by atoms with E-state index in [0.717, 1.165) is 56.9 Å². The zero-order chi connectivity index (χ0) is 19.5. The fourth-order valence-electron chi connectivity index (χ4n) is 3.49. The third-order valence-corrected chi connectivity index (χ3v) is 5.06. The number of rotatable bonds is 7. The van der Waals surface area contributed by atoms with E-state index in [-0.39, 0.29) is 24.1 Å². The van der Waals surface area contributed by atoms with Crippen LogP contribution < -0.4 is 5.32 Å². The third kappa shape index (κ3) is 4.74. The predicted octanol–water partition coefficient (Wildman–Crippen LogP) is 3.17. The van der Waals surface area contributed by atoms with E-state index in [0.29, 0.717) is 5.69 Å². The molecule has 2 aliphatic rings. The van der Waals surface area contributed by atoms with Gasteiger partial charge in [-0.05, 0) is 36.6 Å². The lowest BCUT2D eigenvalue weighted by Crippen LogP contribution is -2.35. The Labute approximate surface area is 162 Å². The molecule has 4 rings (SSSR count). The van der Waals surface area contributed by atoms with Crippen molar-refractivity contribution in [3.8, 4) is 0 Å². The maximum atomic E-state index is 13.0. The van der Waals surface area contributed by atoms with E-state index in [9.17, 15) is 13.6 Å².